The highest BCUT2D eigenvalue weighted by Crippen LogP contribution is 2.59. The Morgan fingerprint density at radius 3 is 2.33 bits per heavy atom. The molecule has 0 radical (unpaired) electrons. The van der Waals surface area contributed by atoms with Crippen LogP contribution in [0.15, 0.2) is 11.4 Å². The maximum atomic E-state index is 12.3. The van der Waals surface area contributed by atoms with Crippen molar-refractivity contribution in [3.05, 3.63) is 11.4 Å². The summed E-state index contributed by atoms with van der Waals surface area (Å²) in [4.78, 5) is 11.0. The van der Waals surface area contributed by atoms with Gasteiger partial charge in [-0.3, -0.25) is 4.79 Å². The van der Waals surface area contributed by atoms with Crippen LogP contribution < -0.4 is 0 Å². The normalized spacial score (nSPS) is 33.2. The molecule has 2 unspecified atom stereocenters. The second-order valence-electron chi connectivity index (χ2n) is 3.89. The van der Waals surface area contributed by atoms with E-state index in [1.807, 2.05) is 13.8 Å². The number of rotatable bonds is 2. The Balaban J connectivity index is 2.73. The lowest BCUT2D eigenvalue weighted by atomic mass is 10.1. The highest BCUT2D eigenvalue weighted by molar-refractivity contribution is 6.28. The molecule has 1 aliphatic rings. The third-order valence-corrected chi connectivity index (χ3v) is 2.78. The molecule has 1 rings (SSSR count). The fourth-order valence-corrected chi connectivity index (χ4v) is 2.04. The van der Waals surface area contributed by atoms with Crippen LogP contribution in [0.3, 0.4) is 0 Å². The van der Waals surface area contributed by atoms with Crippen molar-refractivity contribution < 1.29 is 9.18 Å². The summed E-state index contributed by atoms with van der Waals surface area (Å²) in [7, 11) is 0. The van der Waals surface area contributed by atoms with E-state index >= 15 is 0 Å². The van der Waals surface area contributed by atoms with Crippen molar-refractivity contribution in [3.63, 3.8) is 0 Å². The van der Waals surface area contributed by atoms with Gasteiger partial charge < -0.3 is 0 Å². The highest BCUT2D eigenvalue weighted by atomic mass is 35.5. The van der Waals surface area contributed by atoms with Gasteiger partial charge in [-0.15, -0.1) is 0 Å². The fraction of sp³-hybridized carbons (Fsp3) is 0.667. The molecule has 1 nitrogen and oxygen atoms in total. The average Bonchev–Trinajstić information content (AvgIpc) is 2.32. The van der Waals surface area contributed by atoms with E-state index in [0.717, 1.165) is 0 Å². The van der Waals surface area contributed by atoms with Crippen molar-refractivity contribution >= 4 is 17.4 Å². The maximum Gasteiger partial charge on any atom is 0.185 e. The Morgan fingerprint density at radius 1 is 1.58 bits per heavy atom. The van der Waals surface area contributed by atoms with Gasteiger partial charge in [-0.05, 0) is 24.3 Å². The van der Waals surface area contributed by atoms with Gasteiger partial charge in [0.2, 0.25) is 0 Å². The molecular formula is C9H12ClFO. The van der Waals surface area contributed by atoms with Crippen LogP contribution in [-0.2, 0) is 4.79 Å². The van der Waals surface area contributed by atoms with E-state index < -0.39 is 5.29 Å². The van der Waals surface area contributed by atoms with Crippen molar-refractivity contribution in [3.8, 4) is 0 Å². The first-order valence-corrected chi connectivity index (χ1v) is 4.28. The maximum absolute atomic E-state index is 12.3. The Morgan fingerprint density at radius 2 is 2.08 bits per heavy atom. The van der Waals surface area contributed by atoms with Gasteiger partial charge in [0, 0.05) is 5.92 Å². The first kappa shape index (κ1) is 9.72. The number of ketones is 1. The topological polar surface area (TPSA) is 17.1 Å². The molecule has 68 valence electrons. The number of hydrogen-bond acceptors (Lipinski definition) is 1. The molecule has 1 aliphatic carbocycles. The summed E-state index contributed by atoms with van der Waals surface area (Å²) >= 11 is 5.09. The molecule has 12 heavy (non-hydrogen) atoms. The van der Waals surface area contributed by atoms with E-state index in [9.17, 15) is 9.18 Å². The molecule has 0 aromatic heterocycles. The zero-order valence-electron chi connectivity index (χ0n) is 7.40. The molecule has 0 aromatic rings. The summed E-state index contributed by atoms with van der Waals surface area (Å²) in [5, 5.41) is -0.711. The number of halogens is 2. The summed E-state index contributed by atoms with van der Waals surface area (Å²) in [5.74, 6) is 0.0358. The van der Waals surface area contributed by atoms with Crippen LogP contribution in [0.5, 0.6) is 0 Å². The smallest absolute Gasteiger partial charge is 0.185 e. The third kappa shape index (κ3) is 1.53. The molecule has 0 aromatic carbocycles. The van der Waals surface area contributed by atoms with Crippen molar-refractivity contribution in [1.29, 1.82) is 0 Å². The van der Waals surface area contributed by atoms with Crippen molar-refractivity contribution in [1.82, 2.24) is 0 Å². The summed E-state index contributed by atoms with van der Waals surface area (Å²) in [6, 6.07) is 0. The average molecular weight is 191 g/mol. The van der Waals surface area contributed by atoms with E-state index in [2.05, 4.69) is 0 Å². The molecule has 0 saturated heterocycles. The summed E-state index contributed by atoms with van der Waals surface area (Å²) in [5.41, 5.74) is -0.113. The Kier molecular flexibility index (Phi) is 2.30. The van der Waals surface area contributed by atoms with Crippen LogP contribution in [-0.4, -0.2) is 5.78 Å². The van der Waals surface area contributed by atoms with Gasteiger partial charge in [0.15, 0.2) is 5.29 Å². The lowest BCUT2D eigenvalue weighted by Gasteiger charge is -1.96. The van der Waals surface area contributed by atoms with Crippen LogP contribution in [0.1, 0.15) is 20.8 Å². The second-order valence-corrected chi connectivity index (χ2v) is 4.25. The minimum Gasteiger partial charge on any atom is -0.300 e. The standard InChI is InChI=1S/C9H12ClFO/c1-5(12)8-6(4-7(10)11)9(8,2)3/h4,6,8H,1-3H3. The van der Waals surface area contributed by atoms with E-state index in [4.69, 9.17) is 11.6 Å². The minimum atomic E-state index is -0.711. The third-order valence-electron chi connectivity index (χ3n) is 2.65. The molecule has 0 heterocycles. The zero-order valence-corrected chi connectivity index (χ0v) is 8.15. The van der Waals surface area contributed by atoms with Crippen LogP contribution in [0.2, 0.25) is 0 Å². The van der Waals surface area contributed by atoms with Gasteiger partial charge in [0.1, 0.15) is 5.78 Å². The number of Topliss-reactive ketones (excluding diaryl/α,β-unsaturated/α-hetero) is 1. The Labute approximate surface area is 76.6 Å². The van der Waals surface area contributed by atoms with Gasteiger partial charge in [-0.2, -0.15) is 4.39 Å². The molecule has 2 atom stereocenters. The minimum absolute atomic E-state index is 0.0208. The second kappa shape index (κ2) is 2.84. The van der Waals surface area contributed by atoms with Gasteiger partial charge >= 0.3 is 0 Å². The van der Waals surface area contributed by atoms with Crippen molar-refractivity contribution in [2.24, 2.45) is 17.3 Å². The van der Waals surface area contributed by atoms with E-state index in [1.165, 1.54) is 13.0 Å². The molecule has 0 aliphatic heterocycles. The molecule has 0 spiro atoms. The first-order valence-electron chi connectivity index (χ1n) is 3.90. The molecule has 1 fully saturated rings. The van der Waals surface area contributed by atoms with Crippen LogP contribution in [0, 0.1) is 17.3 Å². The van der Waals surface area contributed by atoms with Crippen LogP contribution in [0.4, 0.5) is 4.39 Å². The van der Waals surface area contributed by atoms with Crippen LogP contribution in [0.25, 0.3) is 0 Å². The number of carbonyl (C=O) groups is 1. The summed E-state index contributed by atoms with van der Waals surface area (Å²) < 4.78 is 12.3. The Bertz CT molecular complexity index is 241. The van der Waals surface area contributed by atoms with Gasteiger partial charge in [0.25, 0.3) is 0 Å². The van der Waals surface area contributed by atoms with E-state index in [1.54, 1.807) is 0 Å². The van der Waals surface area contributed by atoms with Gasteiger partial charge in [0.05, 0.1) is 0 Å². The predicted octanol–water partition coefficient (Wildman–Crippen LogP) is 2.90. The quantitative estimate of drug-likeness (QED) is 0.655. The molecule has 1 saturated carbocycles. The van der Waals surface area contributed by atoms with Gasteiger partial charge in [-0.1, -0.05) is 25.4 Å². The highest BCUT2D eigenvalue weighted by Gasteiger charge is 2.59. The molecule has 3 heteroatoms. The van der Waals surface area contributed by atoms with Gasteiger partial charge in [-0.25, -0.2) is 0 Å². The molecular weight excluding hydrogens is 179 g/mol. The lowest BCUT2D eigenvalue weighted by molar-refractivity contribution is -0.118. The van der Waals surface area contributed by atoms with Crippen molar-refractivity contribution in [2.75, 3.05) is 0 Å². The summed E-state index contributed by atoms with van der Waals surface area (Å²) in [6.45, 7) is 5.42. The first-order chi connectivity index (χ1) is 5.37. The lowest BCUT2D eigenvalue weighted by Crippen LogP contribution is -1.99. The summed E-state index contributed by atoms with van der Waals surface area (Å²) in [6.07, 6.45) is 1.33. The van der Waals surface area contributed by atoms with E-state index in [0.29, 0.717) is 0 Å². The zero-order chi connectivity index (χ0) is 9.52. The predicted molar refractivity (Wildman–Crippen MR) is 46.5 cm³/mol. The number of carbonyl (C=O) groups excluding carboxylic acids is 1. The number of hydrogen-bond donors (Lipinski definition) is 0. The SMILES string of the molecule is CC(=O)C1C(C=C(F)Cl)C1(C)C. The molecule has 0 amide bonds. The molecule has 0 bridgehead atoms. The fourth-order valence-electron chi connectivity index (χ4n) is 1.90. The molecule has 0 N–H and O–H groups in total. The monoisotopic (exact) mass is 190 g/mol. The largest absolute Gasteiger partial charge is 0.300 e. The van der Waals surface area contributed by atoms with Crippen molar-refractivity contribution in [2.45, 2.75) is 20.8 Å². The van der Waals surface area contributed by atoms with Crippen LogP contribution >= 0.6 is 11.6 Å². The number of allylic oxidation sites excluding steroid dienone is 1. The van der Waals surface area contributed by atoms with E-state index in [-0.39, 0.29) is 23.0 Å². The Hall–Kier alpha value is -0.370.